The standard InChI is InChI=1S/C16H23N3O/c1-3-7-15(20-4-2)16(19-17)13-8-5-10-14-12(13)9-6-11-18-14/h5-6,8-11,15-16,19H,3-4,7,17H2,1-2H3. The van der Waals surface area contributed by atoms with Crippen LogP contribution in [0.1, 0.15) is 38.3 Å². The molecule has 3 N–H and O–H groups in total. The van der Waals surface area contributed by atoms with Crippen LogP contribution in [-0.4, -0.2) is 17.7 Å². The van der Waals surface area contributed by atoms with Crippen LogP contribution in [0.2, 0.25) is 0 Å². The van der Waals surface area contributed by atoms with Gasteiger partial charge < -0.3 is 4.74 Å². The van der Waals surface area contributed by atoms with E-state index in [0.717, 1.165) is 29.3 Å². The van der Waals surface area contributed by atoms with E-state index in [1.165, 1.54) is 0 Å². The molecular weight excluding hydrogens is 250 g/mol. The van der Waals surface area contributed by atoms with Crippen LogP contribution in [0.4, 0.5) is 0 Å². The molecule has 0 radical (unpaired) electrons. The summed E-state index contributed by atoms with van der Waals surface area (Å²) in [6.45, 7) is 4.86. The average molecular weight is 273 g/mol. The lowest BCUT2D eigenvalue weighted by Crippen LogP contribution is -2.38. The zero-order valence-electron chi connectivity index (χ0n) is 12.2. The summed E-state index contributed by atoms with van der Waals surface area (Å²) in [5, 5.41) is 1.12. The van der Waals surface area contributed by atoms with Crippen LogP contribution >= 0.6 is 0 Å². The summed E-state index contributed by atoms with van der Waals surface area (Å²) in [6, 6.07) is 10.1. The molecule has 0 saturated heterocycles. The molecule has 1 heterocycles. The van der Waals surface area contributed by atoms with Gasteiger partial charge in [-0.25, -0.2) is 0 Å². The number of hydrazine groups is 1. The first kappa shape index (κ1) is 14.9. The number of aromatic nitrogens is 1. The van der Waals surface area contributed by atoms with Crippen LogP contribution in [0.15, 0.2) is 36.5 Å². The molecule has 1 aromatic carbocycles. The number of fused-ring (bicyclic) bond motifs is 1. The van der Waals surface area contributed by atoms with Gasteiger partial charge in [0.25, 0.3) is 0 Å². The van der Waals surface area contributed by atoms with E-state index in [1.807, 2.05) is 31.3 Å². The maximum Gasteiger partial charge on any atom is 0.0782 e. The van der Waals surface area contributed by atoms with Crippen LogP contribution in [-0.2, 0) is 4.74 Å². The third kappa shape index (κ3) is 3.15. The van der Waals surface area contributed by atoms with Crippen molar-refractivity contribution in [2.45, 2.75) is 38.8 Å². The number of hydrogen-bond donors (Lipinski definition) is 2. The second-order valence-electron chi connectivity index (χ2n) is 4.84. The fraction of sp³-hybridized carbons (Fsp3) is 0.438. The molecule has 2 rings (SSSR count). The summed E-state index contributed by atoms with van der Waals surface area (Å²) >= 11 is 0. The Morgan fingerprint density at radius 3 is 2.80 bits per heavy atom. The highest BCUT2D eigenvalue weighted by Crippen LogP contribution is 2.28. The number of rotatable bonds is 7. The van der Waals surface area contributed by atoms with Crippen molar-refractivity contribution in [2.24, 2.45) is 5.84 Å². The van der Waals surface area contributed by atoms with E-state index in [0.29, 0.717) is 6.61 Å². The van der Waals surface area contributed by atoms with E-state index in [1.54, 1.807) is 0 Å². The first-order valence-electron chi connectivity index (χ1n) is 7.23. The molecule has 0 saturated carbocycles. The predicted molar refractivity (Wildman–Crippen MR) is 82.1 cm³/mol. The van der Waals surface area contributed by atoms with Gasteiger partial charge >= 0.3 is 0 Å². The third-order valence-electron chi connectivity index (χ3n) is 3.52. The molecular formula is C16H23N3O. The normalized spacial score (nSPS) is 14.3. The Morgan fingerprint density at radius 2 is 2.10 bits per heavy atom. The number of nitrogens with two attached hydrogens (primary N) is 1. The first-order valence-corrected chi connectivity index (χ1v) is 7.23. The second-order valence-corrected chi connectivity index (χ2v) is 4.84. The van der Waals surface area contributed by atoms with Gasteiger partial charge in [0.05, 0.1) is 17.7 Å². The average Bonchev–Trinajstić information content (AvgIpc) is 2.49. The third-order valence-corrected chi connectivity index (χ3v) is 3.52. The van der Waals surface area contributed by atoms with Crippen LogP contribution in [0.3, 0.4) is 0 Å². The largest absolute Gasteiger partial charge is 0.376 e. The number of benzene rings is 1. The van der Waals surface area contributed by atoms with Gasteiger partial charge in [-0.15, -0.1) is 0 Å². The van der Waals surface area contributed by atoms with E-state index < -0.39 is 0 Å². The van der Waals surface area contributed by atoms with Gasteiger partial charge in [-0.2, -0.15) is 0 Å². The highest BCUT2D eigenvalue weighted by Gasteiger charge is 2.23. The van der Waals surface area contributed by atoms with Crippen molar-refractivity contribution in [3.05, 3.63) is 42.1 Å². The molecule has 0 aliphatic rings. The lowest BCUT2D eigenvalue weighted by atomic mass is 9.95. The van der Waals surface area contributed by atoms with E-state index in [2.05, 4.69) is 29.5 Å². The number of hydrogen-bond acceptors (Lipinski definition) is 4. The Balaban J connectivity index is 2.42. The highest BCUT2D eigenvalue weighted by molar-refractivity contribution is 5.82. The minimum atomic E-state index is -0.0252. The van der Waals surface area contributed by atoms with Gasteiger partial charge in [0.15, 0.2) is 0 Å². The fourth-order valence-electron chi connectivity index (χ4n) is 2.64. The Labute approximate surface area is 120 Å². The second kappa shape index (κ2) is 7.33. The van der Waals surface area contributed by atoms with E-state index in [-0.39, 0.29) is 12.1 Å². The van der Waals surface area contributed by atoms with E-state index in [9.17, 15) is 0 Å². The topological polar surface area (TPSA) is 60.2 Å². The molecule has 0 spiro atoms. The highest BCUT2D eigenvalue weighted by atomic mass is 16.5. The minimum absolute atomic E-state index is 0.0252. The zero-order valence-corrected chi connectivity index (χ0v) is 12.2. The monoisotopic (exact) mass is 273 g/mol. The molecule has 0 bridgehead atoms. The Kier molecular flexibility index (Phi) is 5.47. The molecule has 0 aliphatic carbocycles. The lowest BCUT2D eigenvalue weighted by Gasteiger charge is -2.27. The van der Waals surface area contributed by atoms with Gasteiger partial charge in [0, 0.05) is 18.2 Å². The van der Waals surface area contributed by atoms with Crippen LogP contribution in [0.25, 0.3) is 10.9 Å². The van der Waals surface area contributed by atoms with Crippen molar-refractivity contribution in [1.29, 1.82) is 0 Å². The molecule has 1 aromatic heterocycles. The summed E-state index contributed by atoms with van der Waals surface area (Å²) in [7, 11) is 0. The molecule has 108 valence electrons. The van der Waals surface area contributed by atoms with Gasteiger partial charge in [-0.3, -0.25) is 16.3 Å². The lowest BCUT2D eigenvalue weighted by molar-refractivity contribution is 0.0279. The molecule has 0 aliphatic heterocycles. The fourth-order valence-corrected chi connectivity index (χ4v) is 2.64. The Bertz CT molecular complexity index is 533. The summed E-state index contributed by atoms with van der Waals surface area (Å²) in [4.78, 5) is 4.40. The van der Waals surface area contributed by atoms with Crippen LogP contribution in [0.5, 0.6) is 0 Å². The number of ether oxygens (including phenoxy) is 1. The molecule has 0 fully saturated rings. The number of pyridine rings is 1. The number of nitrogens with zero attached hydrogens (tertiary/aromatic N) is 1. The van der Waals surface area contributed by atoms with E-state index >= 15 is 0 Å². The van der Waals surface area contributed by atoms with Gasteiger partial charge in [-0.1, -0.05) is 31.5 Å². The molecule has 0 amide bonds. The van der Waals surface area contributed by atoms with Gasteiger partial charge in [0.1, 0.15) is 0 Å². The van der Waals surface area contributed by atoms with Crippen molar-refractivity contribution >= 4 is 10.9 Å². The Hall–Kier alpha value is -1.49. The summed E-state index contributed by atoms with van der Waals surface area (Å²) in [5.74, 6) is 5.81. The predicted octanol–water partition coefficient (Wildman–Crippen LogP) is 2.94. The minimum Gasteiger partial charge on any atom is -0.376 e. The molecule has 2 atom stereocenters. The number of nitrogens with one attached hydrogen (secondary N) is 1. The summed E-state index contributed by atoms with van der Waals surface area (Å²) < 4.78 is 5.88. The summed E-state index contributed by atoms with van der Waals surface area (Å²) in [5.41, 5.74) is 5.05. The van der Waals surface area contributed by atoms with Gasteiger partial charge in [-0.05, 0) is 31.0 Å². The quantitative estimate of drug-likeness (QED) is 0.601. The first-order chi connectivity index (χ1) is 9.81. The van der Waals surface area contributed by atoms with Crippen LogP contribution < -0.4 is 11.3 Å². The van der Waals surface area contributed by atoms with Crippen LogP contribution in [0, 0.1) is 0 Å². The maximum atomic E-state index is 5.88. The molecule has 2 aromatic rings. The Morgan fingerprint density at radius 1 is 1.25 bits per heavy atom. The SMILES string of the molecule is CCCC(OCC)C(NN)c1cccc2ncccc12. The van der Waals surface area contributed by atoms with E-state index in [4.69, 9.17) is 10.6 Å². The smallest absolute Gasteiger partial charge is 0.0782 e. The maximum absolute atomic E-state index is 5.88. The van der Waals surface area contributed by atoms with Crippen molar-refractivity contribution in [3.8, 4) is 0 Å². The van der Waals surface area contributed by atoms with Gasteiger partial charge in [0.2, 0.25) is 0 Å². The molecule has 4 heteroatoms. The molecule has 20 heavy (non-hydrogen) atoms. The van der Waals surface area contributed by atoms with Crippen molar-refractivity contribution in [1.82, 2.24) is 10.4 Å². The van der Waals surface area contributed by atoms with Crippen molar-refractivity contribution in [3.63, 3.8) is 0 Å². The van der Waals surface area contributed by atoms with Crippen molar-refractivity contribution < 1.29 is 4.74 Å². The van der Waals surface area contributed by atoms with Crippen molar-refractivity contribution in [2.75, 3.05) is 6.61 Å². The zero-order chi connectivity index (χ0) is 14.4. The molecule has 4 nitrogen and oxygen atoms in total. The molecule has 2 unspecified atom stereocenters. The summed E-state index contributed by atoms with van der Waals surface area (Å²) in [6.07, 6.45) is 3.91.